The zero-order valence-electron chi connectivity index (χ0n) is 19.7. The number of likely N-dealkylation sites (tertiary alicyclic amines) is 1. The van der Waals surface area contributed by atoms with E-state index in [0.717, 1.165) is 36.2 Å². The number of carbonyl (C=O) groups excluding carboxylic acids is 2. The quantitative estimate of drug-likeness (QED) is 0.159. The average molecular weight is 511 g/mol. The van der Waals surface area contributed by atoms with Crippen LogP contribution < -0.4 is 25.9 Å². The van der Waals surface area contributed by atoms with Gasteiger partial charge in [-0.15, -0.1) is 0 Å². The Bertz CT molecular complexity index is 1260. The van der Waals surface area contributed by atoms with Crippen LogP contribution in [0.3, 0.4) is 0 Å². The number of nitrogens with one attached hydrogen (secondary N) is 1. The van der Waals surface area contributed by atoms with Crippen molar-refractivity contribution >= 4 is 23.5 Å². The molecule has 3 saturated heterocycles. The first-order valence-electron chi connectivity index (χ1n) is 11.8. The minimum Gasteiger partial charge on any atom is -0.454 e. The van der Waals surface area contributed by atoms with Gasteiger partial charge in [0.05, 0.1) is 29.2 Å². The summed E-state index contributed by atoms with van der Waals surface area (Å²) in [5.74, 6) is 0.624. The number of fused-ring (bicyclic) bond motifs is 4. The highest BCUT2D eigenvalue weighted by Gasteiger charge is 2.62. The Morgan fingerprint density at radius 2 is 1.70 bits per heavy atom. The Morgan fingerprint density at radius 1 is 1.03 bits per heavy atom. The maximum atomic E-state index is 13.6. The smallest absolute Gasteiger partial charge is 0.343 e. The van der Waals surface area contributed by atoms with Gasteiger partial charge < -0.3 is 24.8 Å². The summed E-state index contributed by atoms with van der Waals surface area (Å²) < 4.78 is 10.8. The van der Waals surface area contributed by atoms with Gasteiger partial charge in [-0.2, -0.15) is 0 Å². The number of hydrogen-bond donors (Lipinski definition) is 3. The van der Waals surface area contributed by atoms with Crippen LogP contribution in [-0.4, -0.2) is 52.0 Å². The summed E-state index contributed by atoms with van der Waals surface area (Å²) >= 11 is 0. The summed E-state index contributed by atoms with van der Waals surface area (Å²) in [6.07, 6.45) is 1.97. The van der Waals surface area contributed by atoms with Gasteiger partial charge in [0.25, 0.3) is 0 Å². The number of guanidine groups is 1. The second kappa shape index (κ2) is 9.58. The Labute approximate surface area is 211 Å². The van der Waals surface area contributed by atoms with E-state index in [-0.39, 0.29) is 55.0 Å². The average Bonchev–Trinajstić information content (AvgIpc) is 3.60. The first kappa shape index (κ1) is 24.3. The number of hydrogen-bond acceptors (Lipinski definition) is 8. The Balaban J connectivity index is 0.000000655. The molecule has 0 aromatic heterocycles. The van der Waals surface area contributed by atoms with E-state index in [1.807, 2.05) is 42.5 Å². The van der Waals surface area contributed by atoms with Crippen molar-refractivity contribution in [1.82, 2.24) is 9.80 Å². The predicted octanol–water partition coefficient (Wildman–Crippen LogP) is -0.518. The van der Waals surface area contributed by atoms with Gasteiger partial charge in [-0.1, -0.05) is 18.2 Å². The van der Waals surface area contributed by atoms with E-state index < -0.39 is 5.09 Å². The molecule has 5 N–H and O–H groups in total. The maximum absolute atomic E-state index is 13.6. The van der Waals surface area contributed by atoms with Gasteiger partial charge in [0, 0.05) is 12.1 Å². The summed E-state index contributed by atoms with van der Waals surface area (Å²) in [7, 11) is 0. The van der Waals surface area contributed by atoms with Crippen LogP contribution in [0.2, 0.25) is 0 Å². The third-order valence-electron chi connectivity index (χ3n) is 7.26. The third kappa shape index (κ3) is 4.48. The normalized spacial score (nSPS) is 25.4. The van der Waals surface area contributed by atoms with E-state index in [2.05, 4.69) is 9.89 Å². The number of nitrogens with zero attached hydrogens (tertiary/aromatic N) is 3. The third-order valence-corrected chi connectivity index (χ3v) is 7.26. The fourth-order valence-electron chi connectivity index (χ4n) is 5.97. The van der Waals surface area contributed by atoms with Crippen LogP contribution in [-0.2, 0) is 16.1 Å². The minimum absolute atomic E-state index is 0.0640. The van der Waals surface area contributed by atoms with Crippen LogP contribution >= 0.6 is 0 Å². The largest absolute Gasteiger partial charge is 0.454 e. The zero-order chi connectivity index (χ0) is 26.3. The highest BCUT2D eigenvalue weighted by Crippen LogP contribution is 2.53. The number of amides is 2. The highest BCUT2D eigenvalue weighted by molar-refractivity contribution is 6.06. The van der Waals surface area contributed by atoms with Gasteiger partial charge in [-0.25, -0.2) is 4.99 Å². The van der Waals surface area contributed by atoms with Crippen molar-refractivity contribution < 1.29 is 29.1 Å². The Morgan fingerprint density at radius 3 is 2.41 bits per heavy atom. The number of imide groups is 1. The first-order chi connectivity index (χ1) is 17.7. The minimum atomic E-state index is -1.75. The molecular weight excluding hydrogens is 484 g/mol. The lowest BCUT2D eigenvalue weighted by Crippen LogP contribution is -2.72. The van der Waals surface area contributed by atoms with E-state index in [0.29, 0.717) is 11.5 Å². The molecule has 4 unspecified atom stereocenters. The van der Waals surface area contributed by atoms with Crippen LogP contribution in [0.25, 0.3) is 0 Å². The molecule has 0 radical (unpaired) electrons. The second-order valence-electron chi connectivity index (χ2n) is 9.32. The van der Waals surface area contributed by atoms with Crippen LogP contribution in [0.4, 0.5) is 5.69 Å². The molecule has 13 heteroatoms. The van der Waals surface area contributed by atoms with Crippen LogP contribution in [0.15, 0.2) is 42.5 Å². The van der Waals surface area contributed by atoms with Crippen molar-refractivity contribution in [3.63, 3.8) is 0 Å². The molecule has 2 aromatic carbocycles. The van der Waals surface area contributed by atoms with Crippen LogP contribution in [0, 0.1) is 27.2 Å². The molecule has 0 saturated carbocycles. The van der Waals surface area contributed by atoms with Crippen molar-refractivity contribution in [2.45, 2.75) is 31.5 Å². The molecule has 0 aliphatic carbocycles. The lowest BCUT2D eigenvalue weighted by molar-refractivity contribution is -0.402. The van der Waals surface area contributed by atoms with Crippen LogP contribution in [0.5, 0.6) is 11.5 Å². The molecule has 3 fully saturated rings. The summed E-state index contributed by atoms with van der Waals surface area (Å²) in [5.41, 5.74) is 13.7. The van der Waals surface area contributed by atoms with E-state index in [9.17, 15) is 9.59 Å². The van der Waals surface area contributed by atoms with Gasteiger partial charge in [-0.3, -0.25) is 30.9 Å². The maximum Gasteiger partial charge on any atom is 0.343 e. The topological polar surface area (TPSA) is 191 Å². The number of carbonyl (C=O) groups is 2. The molecule has 2 amide bonds. The van der Waals surface area contributed by atoms with Gasteiger partial charge in [0.1, 0.15) is 0 Å². The molecule has 0 bridgehead atoms. The van der Waals surface area contributed by atoms with Crippen molar-refractivity contribution in [2.75, 3.05) is 13.3 Å². The van der Waals surface area contributed by atoms with Crippen LogP contribution in [0.1, 0.15) is 30.0 Å². The molecular formula is C24H26N6O7. The molecule has 0 spiro atoms. The molecule has 4 heterocycles. The van der Waals surface area contributed by atoms with Gasteiger partial charge in [0.2, 0.25) is 18.6 Å². The molecule has 37 heavy (non-hydrogen) atoms. The molecule has 6 rings (SSSR count). The SMILES string of the molecule is NC(N)=[NH+]c1ccc(C2C3C(=O)N(Cc4ccc5c(c4)OCO5)C(=O)C3C3CCCN32)cc1.O=[N+]([O-])[O-]. The summed E-state index contributed by atoms with van der Waals surface area (Å²) in [6, 6.07) is 13.3. The lowest BCUT2D eigenvalue weighted by atomic mass is 9.85. The standard InChI is InChI=1S/C24H25N5O4.NO3/c25-24(26)27-15-6-4-14(5-7-15)21-20-19(16-2-1-9-28(16)21)22(30)29(23(20)31)11-13-3-8-17-18(10-13)33-12-32-17;2-1(3)4/h3-8,10,16,19-21H,1-2,9,11-12H2,(H4,25,26,27);/q;-1/p+1. The summed E-state index contributed by atoms with van der Waals surface area (Å²) in [5, 5.41) is 14.8. The monoisotopic (exact) mass is 510 g/mol. The number of ether oxygens (including phenoxy) is 2. The Kier molecular flexibility index (Phi) is 6.29. The van der Waals surface area contributed by atoms with Gasteiger partial charge >= 0.3 is 5.96 Å². The van der Waals surface area contributed by atoms with E-state index in [4.69, 9.17) is 36.3 Å². The first-order valence-corrected chi connectivity index (χ1v) is 11.8. The fraction of sp³-hybridized carbons (Fsp3) is 0.375. The molecule has 194 valence electrons. The summed E-state index contributed by atoms with van der Waals surface area (Å²) in [4.78, 5) is 42.1. The fourth-order valence-corrected chi connectivity index (χ4v) is 5.97. The Hall–Kier alpha value is -4.39. The molecule has 2 aromatic rings. The number of nitrogens with two attached hydrogens (primary N) is 2. The van der Waals surface area contributed by atoms with E-state index >= 15 is 0 Å². The van der Waals surface area contributed by atoms with Crippen molar-refractivity contribution in [3.05, 3.63) is 68.9 Å². The zero-order valence-corrected chi connectivity index (χ0v) is 19.7. The molecule has 4 atom stereocenters. The predicted molar refractivity (Wildman–Crippen MR) is 128 cm³/mol. The summed E-state index contributed by atoms with van der Waals surface area (Å²) in [6.45, 7) is 1.33. The van der Waals surface area contributed by atoms with E-state index in [1.165, 1.54) is 4.90 Å². The van der Waals surface area contributed by atoms with Crippen molar-refractivity contribution in [3.8, 4) is 11.5 Å². The van der Waals surface area contributed by atoms with Crippen molar-refractivity contribution in [1.29, 1.82) is 0 Å². The molecule has 4 aliphatic heterocycles. The number of rotatable bonds is 4. The molecule has 4 aliphatic rings. The van der Waals surface area contributed by atoms with E-state index in [1.54, 1.807) is 0 Å². The van der Waals surface area contributed by atoms with Gasteiger partial charge in [0.15, 0.2) is 11.5 Å². The number of benzene rings is 2. The lowest BCUT2D eigenvalue weighted by Gasteiger charge is -2.29. The molecule has 13 nitrogen and oxygen atoms in total. The van der Waals surface area contributed by atoms with Crippen molar-refractivity contribution in [2.24, 2.45) is 23.3 Å². The van der Waals surface area contributed by atoms with Gasteiger partial charge in [-0.05, 0) is 54.8 Å². The second-order valence-corrected chi connectivity index (χ2v) is 9.32. The highest BCUT2D eigenvalue weighted by atomic mass is 16.9.